The Balaban J connectivity index is 2.07. The molecule has 9 heteroatoms. The summed E-state index contributed by atoms with van der Waals surface area (Å²) < 4.78 is 31.1. The lowest BCUT2D eigenvalue weighted by Crippen LogP contribution is -2.51. The van der Waals surface area contributed by atoms with Gasteiger partial charge in [0.2, 0.25) is 9.84 Å². The first-order chi connectivity index (χ1) is 14.7. The molecule has 2 aromatic carbocycles. The van der Waals surface area contributed by atoms with Crippen LogP contribution in [0.1, 0.15) is 24.1 Å². The summed E-state index contributed by atoms with van der Waals surface area (Å²) in [4.78, 5) is 26.3. The first kappa shape index (κ1) is 22.9. The Bertz CT molecular complexity index is 1090. The van der Waals surface area contributed by atoms with Crippen molar-refractivity contribution in [1.29, 1.82) is 0 Å². The number of thioether (sulfide) groups is 1. The van der Waals surface area contributed by atoms with E-state index in [1.54, 1.807) is 43.0 Å². The summed E-state index contributed by atoms with van der Waals surface area (Å²) in [5, 5.41) is 6.17. The fourth-order valence-corrected chi connectivity index (χ4v) is 4.90. The lowest BCUT2D eigenvalue weighted by Gasteiger charge is -2.33. The summed E-state index contributed by atoms with van der Waals surface area (Å²) in [5.74, 6) is -1.67. The smallest absolute Gasteiger partial charge is 0.319 e. The van der Waals surface area contributed by atoms with Gasteiger partial charge in [0.05, 0.1) is 23.0 Å². The van der Waals surface area contributed by atoms with Gasteiger partial charge in [-0.3, -0.25) is 4.79 Å². The van der Waals surface area contributed by atoms with Crippen molar-refractivity contribution in [1.82, 2.24) is 10.6 Å². The summed E-state index contributed by atoms with van der Waals surface area (Å²) in [5.41, 5.74) is 1.56. The normalized spacial score (nSPS) is 20.1. The first-order valence-corrected chi connectivity index (χ1v) is 12.4. The average Bonchev–Trinajstić information content (AvgIpc) is 2.73. The molecule has 0 saturated carbocycles. The molecule has 1 fully saturated rings. The number of esters is 1. The SMILES string of the molecule is CCOC(=O)[C@H]1/C(=C\S(=O)(=O)c2ccc(C)cc2)NC(=O)N[C@@H]1c1ccc(SC)cc1. The molecule has 1 aliphatic rings. The van der Waals surface area contributed by atoms with Crippen molar-refractivity contribution >= 4 is 33.6 Å². The van der Waals surface area contributed by atoms with E-state index in [0.29, 0.717) is 5.56 Å². The van der Waals surface area contributed by atoms with Crippen molar-refractivity contribution in [3.05, 3.63) is 70.8 Å². The Labute approximate surface area is 186 Å². The van der Waals surface area contributed by atoms with Crippen molar-refractivity contribution in [3.8, 4) is 0 Å². The van der Waals surface area contributed by atoms with Crippen LogP contribution in [0.15, 0.2) is 69.4 Å². The molecule has 1 heterocycles. The predicted molar refractivity (Wildman–Crippen MR) is 119 cm³/mol. The summed E-state index contributed by atoms with van der Waals surface area (Å²) in [6, 6.07) is 12.3. The van der Waals surface area contributed by atoms with Crippen LogP contribution >= 0.6 is 11.8 Å². The Morgan fingerprint density at radius 2 is 1.77 bits per heavy atom. The molecule has 0 bridgehead atoms. The average molecular weight is 461 g/mol. The van der Waals surface area contributed by atoms with Gasteiger partial charge < -0.3 is 15.4 Å². The van der Waals surface area contributed by atoms with E-state index in [-0.39, 0.29) is 17.2 Å². The molecule has 2 aromatic rings. The standard InChI is InChI=1S/C22H24N2O5S2/c1-4-29-21(25)19-18(13-31(27,28)17-11-5-14(2)6-12-17)23-22(26)24-20(19)15-7-9-16(30-3)10-8-15/h5-13,19-20H,4H2,1-3H3,(H2,23,24,26)/b18-13+/t19-,20+/m0/s1. The molecule has 0 aromatic heterocycles. The number of hydrogen-bond acceptors (Lipinski definition) is 6. The van der Waals surface area contributed by atoms with E-state index in [0.717, 1.165) is 15.9 Å². The number of urea groups is 1. The van der Waals surface area contributed by atoms with Crippen LogP contribution in [0.25, 0.3) is 0 Å². The second-order valence-electron chi connectivity index (χ2n) is 7.01. The number of carbonyl (C=O) groups excluding carboxylic acids is 2. The minimum atomic E-state index is -3.91. The van der Waals surface area contributed by atoms with Crippen LogP contribution in [0, 0.1) is 12.8 Å². The second kappa shape index (κ2) is 9.57. The molecule has 2 atom stereocenters. The van der Waals surface area contributed by atoms with Gasteiger partial charge in [0.25, 0.3) is 0 Å². The zero-order valence-corrected chi connectivity index (χ0v) is 19.0. The quantitative estimate of drug-likeness (QED) is 0.505. The number of rotatable bonds is 6. The number of ether oxygens (including phenoxy) is 1. The molecule has 164 valence electrons. The molecular formula is C22H24N2O5S2. The highest BCUT2D eigenvalue weighted by Gasteiger charge is 2.40. The molecule has 0 spiro atoms. The fourth-order valence-electron chi connectivity index (χ4n) is 3.30. The largest absolute Gasteiger partial charge is 0.465 e. The fraction of sp³-hybridized carbons (Fsp3) is 0.273. The van der Waals surface area contributed by atoms with Crippen LogP contribution in [0.5, 0.6) is 0 Å². The predicted octanol–water partition coefficient (Wildman–Crippen LogP) is 3.57. The van der Waals surface area contributed by atoms with Crippen LogP contribution in [0.4, 0.5) is 4.79 Å². The van der Waals surface area contributed by atoms with Crippen LogP contribution in [0.2, 0.25) is 0 Å². The summed E-state index contributed by atoms with van der Waals surface area (Å²) in [6.45, 7) is 3.65. The van der Waals surface area contributed by atoms with Crippen molar-refractivity contribution in [2.45, 2.75) is 29.7 Å². The van der Waals surface area contributed by atoms with E-state index in [1.165, 1.54) is 12.1 Å². The molecule has 1 saturated heterocycles. The minimum Gasteiger partial charge on any atom is -0.465 e. The number of benzene rings is 2. The lowest BCUT2D eigenvalue weighted by atomic mass is 9.89. The van der Waals surface area contributed by atoms with Gasteiger partial charge in [-0.05, 0) is 49.9 Å². The van der Waals surface area contributed by atoms with Gasteiger partial charge in [0, 0.05) is 10.6 Å². The van der Waals surface area contributed by atoms with Gasteiger partial charge in [-0.1, -0.05) is 29.8 Å². The third-order valence-electron chi connectivity index (χ3n) is 4.86. The Kier molecular flexibility index (Phi) is 7.07. The Morgan fingerprint density at radius 3 is 2.35 bits per heavy atom. The number of carbonyl (C=O) groups is 2. The van der Waals surface area contributed by atoms with E-state index in [2.05, 4.69) is 10.6 Å². The highest BCUT2D eigenvalue weighted by Crippen LogP contribution is 2.33. The van der Waals surface area contributed by atoms with E-state index in [4.69, 9.17) is 4.74 Å². The van der Waals surface area contributed by atoms with E-state index in [1.807, 2.05) is 25.3 Å². The lowest BCUT2D eigenvalue weighted by molar-refractivity contribution is -0.147. The number of amides is 2. The molecule has 1 aliphatic heterocycles. The van der Waals surface area contributed by atoms with Gasteiger partial charge in [0.15, 0.2) is 0 Å². The second-order valence-corrected chi connectivity index (χ2v) is 9.69. The van der Waals surface area contributed by atoms with Gasteiger partial charge >= 0.3 is 12.0 Å². The van der Waals surface area contributed by atoms with Crippen molar-refractivity contribution in [2.75, 3.05) is 12.9 Å². The zero-order valence-electron chi connectivity index (χ0n) is 17.4. The zero-order chi connectivity index (χ0) is 22.6. The maximum absolute atomic E-state index is 13.0. The summed E-state index contributed by atoms with van der Waals surface area (Å²) >= 11 is 1.56. The number of sulfone groups is 1. The third-order valence-corrected chi connectivity index (χ3v) is 7.10. The van der Waals surface area contributed by atoms with Gasteiger partial charge in [-0.25, -0.2) is 13.2 Å². The molecule has 3 rings (SSSR count). The van der Waals surface area contributed by atoms with Crippen LogP contribution < -0.4 is 10.6 Å². The maximum Gasteiger partial charge on any atom is 0.319 e. The van der Waals surface area contributed by atoms with Gasteiger partial charge in [-0.2, -0.15) is 0 Å². The Hall–Kier alpha value is -2.78. The molecular weight excluding hydrogens is 436 g/mol. The number of hydrogen-bond donors (Lipinski definition) is 2. The van der Waals surface area contributed by atoms with Crippen LogP contribution in [-0.4, -0.2) is 33.3 Å². The molecule has 31 heavy (non-hydrogen) atoms. The maximum atomic E-state index is 13.0. The van der Waals surface area contributed by atoms with Crippen molar-refractivity contribution in [2.24, 2.45) is 5.92 Å². The van der Waals surface area contributed by atoms with Crippen LogP contribution in [0.3, 0.4) is 0 Å². The van der Waals surface area contributed by atoms with Crippen molar-refractivity contribution < 1.29 is 22.7 Å². The monoisotopic (exact) mass is 460 g/mol. The highest BCUT2D eigenvalue weighted by atomic mass is 32.2. The number of aryl methyl sites for hydroxylation is 1. The van der Waals surface area contributed by atoms with Gasteiger partial charge in [0.1, 0.15) is 5.92 Å². The topological polar surface area (TPSA) is 102 Å². The van der Waals surface area contributed by atoms with Gasteiger partial charge in [-0.15, -0.1) is 11.8 Å². The third kappa shape index (κ3) is 5.29. The summed E-state index contributed by atoms with van der Waals surface area (Å²) in [6.07, 6.45) is 1.94. The van der Waals surface area contributed by atoms with E-state index >= 15 is 0 Å². The molecule has 2 N–H and O–H groups in total. The van der Waals surface area contributed by atoms with Crippen LogP contribution in [-0.2, 0) is 19.4 Å². The molecule has 0 aliphatic carbocycles. The molecule has 2 amide bonds. The van der Waals surface area contributed by atoms with Crippen molar-refractivity contribution in [3.63, 3.8) is 0 Å². The minimum absolute atomic E-state index is 0.0262. The molecule has 7 nitrogen and oxygen atoms in total. The summed E-state index contributed by atoms with van der Waals surface area (Å²) in [7, 11) is -3.91. The van der Waals surface area contributed by atoms with E-state index in [9.17, 15) is 18.0 Å². The Morgan fingerprint density at radius 1 is 1.13 bits per heavy atom. The first-order valence-electron chi connectivity index (χ1n) is 9.66. The molecule has 0 unspecified atom stereocenters. The highest BCUT2D eigenvalue weighted by molar-refractivity contribution is 7.98. The molecule has 0 radical (unpaired) electrons. The van der Waals surface area contributed by atoms with E-state index < -0.39 is 33.8 Å². The number of nitrogens with one attached hydrogen (secondary N) is 2.